The zero-order chi connectivity index (χ0) is 25.7. The number of nitrogens with zero attached hydrogens (tertiary/aromatic N) is 3. The van der Waals surface area contributed by atoms with E-state index in [0.29, 0.717) is 12.3 Å². The van der Waals surface area contributed by atoms with Gasteiger partial charge in [0.15, 0.2) is 5.16 Å². The van der Waals surface area contributed by atoms with Gasteiger partial charge in [-0.2, -0.15) is 0 Å². The van der Waals surface area contributed by atoms with Crippen molar-refractivity contribution in [3.8, 4) is 0 Å². The molecular weight excluding hydrogens is 476 g/mol. The Morgan fingerprint density at radius 3 is 2.78 bits per heavy atom. The SMILES string of the molecule is CC1C=CC=C(CSc2nnc(CCCCC(=O)NCCC3=CC=CCC3)n2CCC2=CCCC=C2)C1. The van der Waals surface area contributed by atoms with Crippen LogP contribution in [-0.2, 0) is 17.8 Å². The van der Waals surface area contributed by atoms with Gasteiger partial charge in [0.1, 0.15) is 5.82 Å². The third-order valence-corrected chi connectivity index (χ3v) is 8.23. The summed E-state index contributed by atoms with van der Waals surface area (Å²) < 4.78 is 2.32. The van der Waals surface area contributed by atoms with Crippen LogP contribution >= 0.6 is 11.8 Å². The van der Waals surface area contributed by atoms with Crippen molar-refractivity contribution >= 4 is 17.7 Å². The molecule has 3 aliphatic rings. The summed E-state index contributed by atoms with van der Waals surface area (Å²) in [7, 11) is 0. The highest BCUT2D eigenvalue weighted by Crippen LogP contribution is 2.27. The van der Waals surface area contributed by atoms with E-state index in [1.807, 2.05) is 0 Å². The van der Waals surface area contributed by atoms with Gasteiger partial charge in [0.25, 0.3) is 0 Å². The van der Waals surface area contributed by atoms with Crippen LogP contribution in [0.2, 0.25) is 0 Å². The van der Waals surface area contributed by atoms with E-state index in [1.165, 1.54) is 16.7 Å². The number of hydrogen-bond donors (Lipinski definition) is 1. The monoisotopic (exact) mass is 518 g/mol. The number of aromatic nitrogens is 3. The van der Waals surface area contributed by atoms with E-state index in [2.05, 4.69) is 81.7 Å². The lowest BCUT2D eigenvalue weighted by Crippen LogP contribution is -2.24. The van der Waals surface area contributed by atoms with Crippen molar-refractivity contribution < 1.29 is 4.79 Å². The van der Waals surface area contributed by atoms with E-state index in [9.17, 15) is 4.79 Å². The number of allylic oxidation sites excluding steroid dienone is 10. The van der Waals surface area contributed by atoms with Crippen molar-refractivity contribution in [3.05, 3.63) is 77.2 Å². The largest absolute Gasteiger partial charge is 0.356 e. The predicted molar refractivity (Wildman–Crippen MR) is 154 cm³/mol. The molecule has 0 aromatic carbocycles. The van der Waals surface area contributed by atoms with Gasteiger partial charge in [-0.15, -0.1) is 10.2 Å². The van der Waals surface area contributed by atoms with Crippen LogP contribution < -0.4 is 5.32 Å². The number of carbonyl (C=O) groups excluding carboxylic acids is 1. The van der Waals surface area contributed by atoms with Gasteiger partial charge in [0, 0.05) is 31.7 Å². The van der Waals surface area contributed by atoms with Crippen LogP contribution in [0, 0.1) is 5.92 Å². The van der Waals surface area contributed by atoms with Crippen LogP contribution in [0.4, 0.5) is 0 Å². The van der Waals surface area contributed by atoms with Gasteiger partial charge in [-0.1, -0.05) is 90.1 Å². The average Bonchev–Trinajstić information content (AvgIpc) is 3.31. The summed E-state index contributed by atoms with van der Waals surface area (Å²) in [5.41, 5.74) is 4.31. The highest BCUT2D eigenvalue weighted by molar-refractivity contribution is 7.99. The number of rotatable bonds is 14. The van der Waals surface area contributed by atoms with Crippen molar-refractivity contribution in [1.82, 2.24) is 20.1 Å². The summed E-state index contributed by atoms with van der Waals surface area (Å²) in [6.07, 6.45) is 31.0. The molecule has 0 fully saturated rings. The van der Waals surface area contributed by atoms with E-state index in [-0.39, 0.29) is 5.91 Å². The first-order valence-electron chi connectivity index (χ1n) is 14.1. The maximum atomic E-state index is 12.3. The maximum Gasteiger partial charge on any atom is 0.220 e. The minimum atomic E-state index is 0.157. The minimum absolute atomic E-state index is 0.157. The van der Waals surface area contributed by atoms with Crippen molar-refractivity contribution in [3.63, 3.8) is 0 Å². The molecule has 0 aliphatic heterocycles. The quantitative estimate of drug-likeness (QED) is 0.212. The summed E-state index contributed by atoms with van der Waals surface area (Å²) in [6.45, 7) is 3.91. The van der Waals surface area contributed by atoms with Crippen molar-refractivity contribution in [2.75, 3.05) is 12.3 Å². The third kappa shape index (κ3) is 9.33. The standard InChI is InChI=1S/C31H42N4OS/c1-25-11-10-16-28(23-25)24-37-31-34-33-29(35(31)22-20-27-14-6-3-7-15-27)17-8-9-18-30(36)32-21-19-26-12-4-2-5-13-26/h2,4,6,10-12,14-16,25H,3,5,7-9,13,17-24H2,1H3,(H,32,36). The van der Waals surface area contributed by atoms with Gasteiger partial charge in [-0.3, -0.25) is 4.79 Å². The molecule has 1 heterocycles. The summed E-state index contributed by atoms with van der Waals surface area (Å²) in [5.74, 6) is 2.77. The highest BCUT2D eigenvalue weighted by Gasteiger charge is 2.15. The topological polar surface area (TPSA) is 59.8 Å². The Hall–Kier alpha value is -2.60. The van der Waals surface area contributed by atoms with Gasteiger partial charge < -0.3 is 9.88 Å². The van der Waals surface area contributed by atoms with Gasteiger partial charge >= 0.3 is 0 Å². The Kier molecular flexibility index (Phi) is 11.1. The minimum Gasteiger partial charge on any atom is -0.356 e. The fourth-order valence-corrected chi connectivity index (χ4v) is 5.98. The van der Waals surface area contributed by atoms with Crippen molar-refractivity contribution in [2.45, 2.75) is 89.3 Å². The van der Waals surface area contributed by atoms with Crippen LogP contribution in [0.1, 0.15) is 77.0 Å². The Bertz CT molecular complexity index is 1090. The van der Waals surface area contributed by atoms with Gasteiger partial charge in [-0.05, 0) is 63.7 Å². The molecule has 1 atom stereocenters. The number of thioether (sulfide) groups is 1. The molecule has 0 saturated heterocycles. The molecule has 0 radical (unpaired) electrons. The number of aryl methyl sites for hydroxylation is 1. The first-order valence-corrected chi connectivity index (χ1v) is 15.0. The number of nitrogens with one attached hydrogen (secondary N) is 1. The first kappa shape index (κ1) is 27.4. The fourth-order valence-electron chi connectivity index (χ4n) is 5.00. The van der Waals surface area contributed by atoms with Crippen molar-refractivity contribution in [1.29, 1.82) is 0 Å². The van der Waals surface area contributed by atoms with E-state index in [0.717, 1.165) is 94.0 Å². The number of carbonyl (C=O) groups is 1. The summed E-state index contributed by atoms with van der Waals surface area (Å²) >= 11 is 1.80. The molecule has 5 nitrogen and oxygen atoms in total. The lowest BCUT2D eigenvalue weighted by Gasteiger charge is -2.15. The van der Waals surface area contributed by atoms with E-state index in [1.54, 1.807) is 11.8 Å². The highest BCUT2D eigenvalue weighted by atomic mass is 32.2. The van der Waals surface area contributed by atoms with Gasteiger partial charge in [-0.25, -0.2) is 0 Å². The Morgan fingerprint density at radius 2 is 1.97 bits per heavy atom. The second-order valence-electron chi connectivity index (χ2n) is 10.3. The molecule has 3 aliphatic carbocycles. The number of hydrogen-bond acceptors (Lipinski definition) is 4. The summed E-state index contributed by atoms with van der Waals surface area (Å²) in [4.78, 5) is 12.3. The zero-order valence-corrected chi connectivity index (χ0v) is 23.1. The molecule has 1 N–H and O–H groups in total. The number of amides is 1. The van der Waals surface area contributed by atoms with Crippen molar-refractivity contribution in [2.24, 2.45) is 5.92 Å². The van der Waals surface area contributed by atoms with Crippen LogP contribution in [0.5, 0.6) is 0 Å². The zero-order valence-electron chi connectivity index (χ0n) is 22.3. The molecule has 4 rings (SSSR count). The van der Waals surface area contributed by atoms with Crippen LogP contribution in [0.3, 0.4) is 0 Å². The molecule has 37 heavy (non-hydrogen) atoms. The molecule has 1 amide bonds. The number of unbranched alkanes of at least 4 members (excludes halogenated alkanes) is 1. The van der Waals surface area contributed by atoms with E-state index < -0.39 is 0 Å². The molecule has 1 aromatic heterocycles. The van der Waals surface area contributed by atoms with Crippen LogP contribution in [-0.4, -0.2) is 33.0 Å². The third-order valence-electron chi connectivity index (χ3n) is 7.15. The lowest BCUT2D eigenvalue weighted by atomic mass is 9.97. The smallest absolute Gasteiger partial charge is 0.220 e. The molecule has 0 bridgehead atoms. The fraction of sp³-hybridized carbons (Fsp3) is 0.516. The van der Waals surface area contributed by atoms with Gasteiger partial charge in [0.05, 0.1) is 0 Å². The molecule has 198 valence electrons. The Balaban J connectivity index is 1.25. The van der Waals surface area contributed by atoms with E-state index >= 15 is 0 Å². The van der Waals surface area contributed by atoms with E-state index in [4.69, 9.17) is 0 Å². The molecule has 1 unspecified atom stereocenters. The summed E-state index contributed by atoms with van der Waals surface area (Å²) in [6, 6.07) is 0. The first-order chi connectivity index (χ1) is 18.2. The predicted octanol–water partition coefficient (Wildman–Crippen LogP) is 7.05. The molecule has 0 spiro atoms. The average molecular weight is 519 g/mol. The second kappa shape index (κ2) is 15.0. The molecular formula is C31H42N4OS. The second-order valence-corrected chi connectivity index (χ2v) is 11.3. The van der Waals surface area contributed by atoms with Gasteiger partial charge in [0.2, 0.25) is 5.91 Å². The van der Waals surface area contributed by atoms with Crippen LogP contribution in [0.15, 0.2) is 76.6 Å². The lowest BCUT2D eigenvalue weighted by molar-refractivity contribution is -0.121. The molecule has 0 saturated carbocycles. The maximum absolute atomic E-state index is 12.3. The molecule has 1 aromatic rings. The normalized spacial score (nSPS) is 18.9. The molecule has 6 heteroatoms. The Morgan fingerprint density at radius 1 is 1.05 bits per heavy atom. The summed E-state index contributed by atoms with van der Waals surface area (Å²) in [5, 5.41) is 13.3. The Labute approximate surface area is 227 Å². The van der Waals surface area contributed by atoms with Crippen LogP contribution in [0.25, 0.3) is 0 Å².